The summed E-state index contributed by atoms with van der Waals surface area (Å²) in [5.74, 6) is 0.603. The Bertz CT molecular complexity index is 915. The molecule has 0 saturated carbocycles. The van der Waals surface area contributed by atoms with Gasteiger partial charge in [0, 0.05) is 24.7 Å². The number of ether oxygens (including phenoxy) is 2. The van der Waals surface area contributed by atoms with Crippen LogP contribution in [0.4, 0.5) is 13.2 Å². The van der Waals surface area contributed by atoms with E-state index < -0.39 is 11.8 Å². The summed E-state index contributed by atoms with van der Waals surface area (Å²) in [5, 5.41) is 2.21. The van der Waals surface area contributed by atoms with Gasteiger partial charge in [0.25, 0.3) is 0 Å². The Morgan fingerprint density at radius 1 is 1.15 bits per heavy atom. The Morgan fingerprint density at radius 2 is 1.88 bits per heavy atom. The molecule has 2 unspecified atom stereocenters. The molecule has 2 aliphatic heterocycles. The van der Waals surface area contributed by atoms with Crippen molar-refractivity contribution in [2.75, 3.05) is 20.3 Å². The highest BCUT2D eigenvalue weighted by molar-refractivity contribution is 5.85. The molecule has 1 N–H and O–H groups in total. The van der Waals surface area contributed by atoms with Gasteiger partial charge in [0.05, 0.1) is 13.7 Å². The van der Waals surface area contributed by atoms with Gasteiger partial charge in [-0.15, -0.1) is 24.8 Å². The quantitative estimate of drug-likeness (QED) is 0.529. The van der Waals surface area contributed by atoms with E-state index >= 15 is 0 Å². The molecular formula is C24H31Cl2F3N2O2. The lowest BCUT2D eigenvalue weighted by Gasteiger charge is -2.38. The van der Waals surface area contributed by atoms with Crippen LogP contribution < -0.4 is 10.2 Å². The van der Waals surface area contributed by atoms with Gasteiger partial charge in [-0.05, 0) is 55.0 Å². The van der Waals surface area contributed by atoms with Crippen LogP contribution in [0.1, 0.15) is 54.5 Å². The van der Waals surface area contributed by atoms with Crippen molar-refractivity contribution in [3.8, 4) is 5.75 Å². The topological polar surface area (TPSA) is 33.7 Å². The molecule has 0 amide bonds. The van der Waals surface area contributed by atoms with E-state index in [1.54, 1.807) is 19.2 Å². The highest BCUT2D eigenvalue weighted by Gasteiger charge is 2.55. The van der Waals surface area contributed by atoms with E-state index in [1.165, 1.54) is 5.56 Å². The maximum Gasteiger partial charge on any atom is 0.421 e. The number of methoxy groups -OCH3 is 1. The Balaban J connectivity index is 0.00000193. The number of rotatable bonds is 5. The lowest BCUT2D eigenvalue weighted by Crippen LogP contribution is -2.46. The average Bonchev–Trinajstić information content (AvgIpc) is 2.77. The second kappa shape index (κ2) is 11.3. The van der Waals surface area contributed by atoms with Gasteiger partial charge in [-0.2, -0.15) is 13.2 Å². The van der Waals surface area contributed by atoms with Gasteiger partial charge in [-0.1, -0.05) is 36.8 Å². The first-order chi connectivity index (χ1) is 14.8. The highest BCUT2D eigenvalue weighted by Crippen LogP contribution is 2.47. The van der Waals surface area contributed by atoms with Crippen LogP contribution in [-0.2, 0) is 23.3 Å². The van der Waals surface area contributed by atoms with Crippen molar-refractivity contribution in [2.45, 2.75) is 57.0 Å². The summed E-state index contributed by atoms with van der Waals surface area (Å²) in [4.78, 5) is 0. The number of hydrazine groups is 1. The highest BCUT2D eigenvalue weighted by atomic mass is 35.5. The minimum absolute atomic E-state index is 0. The summed E-state index contributed by atoms with van der Waals surface area (Å²) in [6, 6.07) is 13.9. The van der Waals surface area contributed by atoms with Crippen LogP contribution in [-0.4, -0.2) is 31.4 Å². The first-order valence-electron chi connectivity index (χ1n) is 10.8. The first kappa shape index (κ1) is 27.7. The largest absolute Gasteiger partial charge is 0.496 e. The van der Waals surface area contributed by atoms with Crippen molar-refractivity contribution >= 4 is 24.8 Å². The maximum atomic E-state index is 13.9. The molecule has 0 aliphatic carbocycles. The molecule has 2 aliphatic rings. The zero-order valence-corrected chi connectivity index (χ0v) is 20.4. The molecule has 184 valence electrons. The number of nitrogens with one attached hydrogen (secondary N) is 1. The number of benzene rings is 2. The maximum absolute atomic E-state index is 13.9. The second-order valence-electron chi connectivity index (χ2n) is 8.40. The van der Waals surface area contributed by atoms with Gasteiger partial charge in [-0.3, -0.25) is 5.43 Å². The molecule has 0 radical (unpaired) electrons. The zero-order chi connectivity index (χ0) is 22.1. The van der Waals surface area contributed by atoms with E-state index in [4.69, 9.17) is 9.47 Å². The Hall–Kier alpha value is -1.51. The molecule has 2 aromatic rings. The van der Waals surface area contributed by atoms with Crippen molar-refractivity contribution in [1.29, 1.82) is 0 Å². The van der Waals surface area contributed by atoms with Crippen LogP contribution in [0.15, 0.2) is 42.5 Å². The lowest BCUT2D eigenvalue weighted by atomic mass is 9.85. The van der Waals surface area contributed by atoms with Crippen molar-refractivity contribution in [3.05, 3.63) is 64.7 Å². The number of halogens is 5. The molecule has 2 heterocycles. The number of hydrogen-bond donors (Lipinski definition) is 1. The number of piperidine rings is 1. The van der Waals surface area contributed by atoms with Gasteiger partial charge in [-0.25, -0.2) is 5.01 Å². The van der Waals surface area contributed by atoms with Crippen molar-refractivity contribution in [1.82, 2.24) is 10.4 Å². The molecule has 1 saturated heterocycles. The summed E-state index contributed by atoms with van der Waals surface area (Å²) in [7, 11) is 1.56. The molecule has 2 aromatic carbocycles. The van der Waals surface area contributed by atoms with Crippen LogP contribution in [0.3, 0.4) is 0 Å². The fraction of sp³-hybridized carbons (Fsp3) is 0.500. The Kier molecular flexibility index (Phi) is 9.48. The van der Waals surface area contributed by atoms with Crippen LogP contribution >= 0.6 is 24.8 Å². The van der Waals surface area contributed by atoms with Gasteiger partial charge in [0.2, 0.25) is 0 Å². The van der Waals surface area contributed by atoms with Crippen LogP contribution in [0.5, 0.6) is 5.75 Å². The SMILES string of the molecule is COc1cc2c(cc1CNN1CCCCC1c1ccccc1)C(C)(C(F)(F)F)OCC2.Cl.Cl. The number of nitrogens with zero attached hydrogens (tertiary/aromatic N) is 1. The number of hydrogen-bond acceptors (Lipinski definition) is 4. The average molecular weight is 507 g/mol. The third-order valence-electron chi connectivity index (χ3n) is 6.48. The fourth-order valence-corrected chi connectivity index (χ4v) is 4.65. The van der Waals surface area contributed by atoms with Crippen LogP contribution in [0.25, 0.3) is 0 Å². The van der Waals surface area contributed by atoms with Gasteiger partial charge >= 0.3 is 6.18 Å². The van der Waals surface area contributed by atoms with Crippen molar-refractivity contribution in [3.63, 3.8) is 0 Å². The molecule has 0 bridgehead atoms. The molecule has 2 atom stereocenters. The third-order valence-corrected chi connectivity index (χ3v) is 6.48. The van der Waals surface area contributed by atoms with E-state index in [9.17, 15) is 13.2 Å². The minimum atomic E-state index is -4.49. The summed E-state index contributed by atoms with van der Waals surface area (Å²) in [6.45, 7) is 2.42. The minimum Gasteiger partial charge on any atom is -0.496 e. The zero-order valence-electron chi connectivity index (χ0n) is 18.8. The molecule has 9 heteroatoms. The number of fused-ring (bicyclic) bond motifs is 1. The normalized spacial score (nSPS) is 23.1. The second-order valence-corrected chi connectivity index (χ2v) is 8.40. The Morgan fingerprint density at radius 3 is 2.55 bits per heavy atom. The smallest absolute Gasteiger partial charge is 0.421 e. The summed E-state index contributed by atoms with van der Waals surface area (Å²) in [5.41, 5.74) is 3.91. The molecule has 33 heavy (non-hydrogen) atoms. The lowest BCUT2D eigenvalue weighted by molar-refractivity contribution is -0.281. The predicted molar refractivity (Wildman–Crippen MR) is 127 cm³/mol. The Labute approximate surface area is 205 Å². The van der Waals surface area contributed by atoms with Gasteiger partial charge in [0.1, 0.15) is 5.75 Å². The summed E-state index contributed by atoms with van der Waals surface area (Å²) in [6.07, 6.45) is -0.781. The van der Waals surface area contributed by atoms with E-state index in [-0.39, 0.29) is 43.0 Å². The van der Waals surface area contributed by atoms with E-state index in [0.717, 1.165) is 32.7 Å². The third kappa shape index (κ3) is 5.60. The summed E-state index contributed by atoms with van der Waals surface area (Å²) >= 11 is 0. The van der Waals surface area contributed by atoms with E-state index in [1.807, 2.05) is 18.2 Å². The van der Waals surface area contributed by atoms with Crippen molar-refractivity contribution < 1.29 is 22.6 Å². The van der Waals surface area contributed by atoms with Gasteiger partial charge < -0.3 is 9.47 Å². The van der Waals surface area contributed by atoms with Crippen molar-refractivity contribution in [2.24, 2.45) is 0 Å². The van der Waals surface area contributed by atoms with E-state index in [2.05, 4.69) is 22.6 Å². The molecule has 4 rings (SSSR count). The van der Waals surface area contributed by atoms with Gasteiger partial charge in [0.15, 0.2) is 5.60 Å². The summed E-state index contributed by atoms with van der Waals surface area (Å²) < 4.78 is 52.4. The molecular weight excluding hydrogens is 476 g/mol. The monoisotopic (exact) mass is 506 g/mol. The molecule has 1 fully saturated rings. The molecule has 0 spiro atoms. The standard InChI is InChI=1S/C24H29F3N2O2.2ClH/c1-23(24(25,26)27)20-14-19(22(30-2)15-18(20)11-13-31-23)16-28-29-12-7-6-10-21(29)17-8-4-3-5-9-17;;/h3-5,8-9,14-15,21,28H,6-7,10-13,16H2,1-2H3;2*1H. The fourth-order valence-electron chi connectivity index (χ4n) is 4.65. The first-order valence-corrected chi connectivity index (χ1v) is 10.8. The van der Waals surface area contributed by atoms with E-state index in [0.29, 0.717) is 29.8 Å². The predicted octanol–water partition coefficient (Wildman–Crippen LogP) is 6.12. The molecule has 4 nitrogen and oxygen atoms in total. The molecule has 0 aromatic heterocycles. The number of alkyl halides is 3. The van der Waals surface area contributed by atoms with Crippen LogP contribution in [0, 0.1) is 0 Å². The van der Waals surface area contributed by atoms with Crippen LogP contribution in [0.2, 0.25) is 0 Å².